The van der Waals surface area contributed by atoms with Gasteiger partial charge in [0.2, 0.25) is 0 Å². The van der Waals surface area contributed by atoms with E-state index in [2.05, 4.69) is 27.5 Å². The maximum absolute atomic E-state index is 5.45. The second-order valence-corrected chi connectivity index (χ2v) is 8.80. The molecule has 0 spiro atoms. The maximum atomic E-state index is 5.45. The van der Waals surface area contributed by atoms with Crippen molar-refractivity contribution in [1.82, 2.24) is 0 Å². The molecule has 0 aromatic heterocycles. The molecule has 0 amide bonds. The van der Waals surface area contributed by atoms with Crippen molar-refractivity contribution in [3.05, 3.63) is 48.5 Å². The van der Waals surface area contributed by atoms with Crippen LogP contribution in [0.1, 0.15) is 19.8 Å². The van der Waals surface area contributed by atoms with E-state index in [9.17, 15) is 0 Å². The van der Waals surface area contributed by atoms with Gasteiger partial charge < -0.3 is 0 Å². The zero-order chi connectivity index (χ0) is 16.5. The van der Waals surface area contributed by atoms with Gasteiger partial charge in [0.05, 0.1) is 0 Å². The average molecular weight is 376 g/mol. The first-order valence-corrected chi connectivity index (χ1v) is 11.1. The van der Waals surface area contributed by atoms with Crippen LogP contribution in [0.3, 0.4) is 0 Å². The summed E-state index contributed by atoms with van der Waals surface area (Å²) in [5, 5.41) is 1.15. The third-order valence-corrected chi connectivity index (χ3v) is 7.21. The van der Waals surface area contributed by atoms with E-state index >= 15 is 0 Å². The Balaban J connectivity index is 2.16. The predicted molar refractivity (Wildman–Crippen MR) is 98.7 cm³/mol. The standard InChI is InChI=1S/C18H25AsN2O2/c1-4-5-14-19(20-15-10-6-8-12-17(15)22-2)21-16-11-7-9-13-18(16)23-3/h6-13,20-21H,4-5,14H2,1-3H3. The number of benzene rings is 2. The van der Waals surface area contributed by atoms with Crippen LogP contribution in [-0.2, 0) is 0 Å². The SMILES string of the molecule is CCCC[As](Nc1ccccc1OC)Nc1ccccc1OC. The number of anilines is 2. The summed E-state index contributed by atoms with van der Waals surface area (Å²) in [7, 11) is 3.41. The molecule has 124 valence electrons. The van der Waals surface area contributed by atoms with Crippen LogP contribution < -0.4 is 17.9 Å². The monoisotopic (exact) mass is 376 g/mol. The quantitative estimate of drug-likeness (QED) is 0.632. The zero-order valence-electron chi connectivity index (χ0n) is 14.0. The molecule has 2 rings (SSSR count). The van der Waals surface area contributed by atoms with Crippen molar-refractivity contribution in [1.29, 1.82) is 0 Å². The molecule has 0 saturated carbocycles. The van der Waals surface area contributed by atoms with Crippen LogP contribution in [0.15, 0.2) is 48.5 Å². The van der Waals surface area contributed by atoms with Crippen molar-refractivity contribution in [3.8, 4) is 11.5 Å². The molecular weight excluding hydrogens is 351 g/mol. The number of para-hydroxylation sites is 4. The van der Waals surface area contributed by atoms with Crippen molar-refractivity contribution in [2.24, 2.45) is 0 Å². The summed E-state index contributed by atoms with van der Waals surface area (Å²) >= 11 is -1.53. The minimum atomic E-state index is -1.53. The van der Waals surface area contributed by atoms with Gasteiger partial charge in [-0.25, -0.2) is 0 Å². The van der Waals surface area contributed by atoms with Crippen molar-refractivity contribution in [2.45, 2.75) is 25.0 Å². The summed E-state index contributed by atoms with van der Waals surface area (Å²) in [6.07, 6.45) is 2.39. The van der Waals surface area contributed by atoms with E-state index in [1.165, 1.54) is 12.8 Å². The van der Waals surface area contributed by atoms with E-state index in [1.807, 2.05) is 36.4 Å². The second-order valence-electron chi connectivity index (χ2n) is 5.13. The number of hydrogen-bond acceptors (Lipinski definition) is 4. The van der Waals surface area contributed by atoms with E-state index in [1.54, 1.807) is 14.2 Å². The van der Waals surface area contributed by atoms with Gasteiger partial charge in [0.25, 0.3) is 0 Å². The fourth-order valence-corrected chi connectivity index (χ4v) is 6.13. The van der Waals surface area contributed by atoms with E-state index in [0.29, 0.717) is 0 Å². The normalized spacial score (nSPS) is 10.4. The van der Waals surface area contributed by atoms with E-state index in [0.717, 1.165) is 28.1 Å². The molecule has 0 atom stereocenters. The van der Waals surface area contributed by atoms with Gasteiger partial charge in [0.1, 0.15) is 0 Å². The first-order chi connectivity index (χ1) is 11.3. The van der Waals surface area contributed by atoms with Gasteiger partial charge in [-0.1, -0.05) is 0 Å². The number of rotatable bonds is 9. The Morgan fingerprint density at radius 3 is 1.74 bits per heavy atom. The Hall–Kier alpha value is -1.80. The summed E-state index contributed by atoms with van der Waals surface area (Å²) in [6.45, 7) is 2.22. The molecule has 2 aromatic rings. The third kappa shape index (κ3) is 5.11. The molecule has 0 fully saturated rings. The van der Waals surface area contributed by atoms with E-state index in [4.69, 9.17) is 9.47 Å². The molecule has 0 heterocycles. The van der Waals surface area contributed by atoms with Crippen LogP contribution >= 0.6 is 0 Å². The second kappa shape index (κ2) is 9.36. The summed E-state index contributed by atoms with van der Waals surface area (Å²) in [5.74, 6) is 1.76. The average Bonchev–Trinajstić information content (AvgIpc) is 2.60. The van der Waals surface area contributed by atoms with E-state index < -0.39 is 15.1 Å². The van der Waals surface area contributed by atoms with Crippen LogP contribution in [0.5, 0.6) is 11.5 Å². The predicted octanol–water partition coefficient (Wildman–Crippen LogP) is 4.52. The van der Waals surface area contributed by atoms with Crippen LogP contribution in [0.2, 0.25) is 5.21 Å². The zero-order valence-corrected chi connectivity index (χ0v) is 15.9. The Bertz CT molecular complexity index is 558. The summed E-state index contributed by atoms with van der Waals surface area (Å²) in [4.78, 5) is 0. The van der Waals surface area contributed by atoms with Crippen LogP contribution in [-0.4, -0.2) is 29.3 Å². The van der Waals surface area contributed by atoms with Crippen molar-refractivity contribution in [3.63, 3.8) is 0 Å². The number of nitrogens with one attached hydrogen (secondary N) is 2. The molecule has 0 aliphatic rings. The van der Waals surface area contributed by atoms with Gasteiger partial charge in [-0.3, -0.25) is 0 Å². The molecule has 4 nitrogen and oxygen atoms in total. The van der Waals surface area contributed by atoms with Crippen molar-refractivity contribution < 1.29 is 9.47 Å². The first kappa shape index (κ1) is 17.6. The Morgan fingerprint density at radius 2 is 1.30 bits per heavy atom. The summed E-state index contributed by atoms with van der Waals surface area (Å²) in [6, 6.07) is 16.1. The number of methoxy groups -OCH3 is 2. The number of ether oxygens (including phenoxy) is 2. The van der Waals surface area contributed by atoms with Crippen molar-refractivity contribution >= 4 is 26.5 Å². The molecule has 2 N–H and O–H groups in total. The van der Waals surface area contributed by atoms with Gasteiger partial charge in [-0.05, 0) is 0 Å². The molecule has 0 aliphatic carbocycles. The molecule has 0 bridgehead atoms. The third-order valence-electron chi connectivity index (χ3n) is 3.46. The summed E-state index contributed by atoms with van der Waals surface area (Å²) < 4.78 is 18.3. The van der Waals surface area contributed by atoms with Gasteiger partial charge in [-0.2, -0.15) is 0 Å². The molecule has 0 aliphatic heterocycles. The Labute approximate surface area is 143 Å². The summed E-state index contributed by atoms with van der Waals surface area (Å²) in [5.41, 5.74) is 2.10. The molecule has 0 saturated heterocycles. The first-order valence-electron chi connectivity index (χ1n) is 7.85. The Morgan fingerprint density at radius 1 is 0.826 bits per heavy atom. The fourth-order valence-electron chi connectivity index (χ4n) is 2.22. The van der Waals surface area contributed by atoms with Gasteiger partial charge in [0.15, 0.2) is 0 Å². The topological polar surface area (TPSA) is 42.5 Å². The fraction of sp³-hybridized carbons (Fsp3) is 0.333. The molecule has 23 heavy (non-hydrogen) atoms. The number of hydrogen-bond donors (Lipinski definition) is 2. The Kier molecular flexibility index (Phi) is 7.14. The molecule has 2 aromatic carbocycles. The van der Waals surface area contributed by atoms with Crippen LogP contribution in [0.4, 0.5) is 11.4 Å². The van der Waals surface area contributed by atoms with Crippen LogP contribution in [0.25, 0.3) is 0 Å². The molecule has 0 radical (unpaired) electrons. The molecular formula is C18H25AsN2O2. The van der Waals surface area contributed by atoms with Gasteiger partial charge in [0, 0.05) is 0 Å². The molecule has 5 heteroatoms. The minimum absolute atomic E-state index is 0.880. The van der Waals surface area contributed by atoms with Crippen molar-refractivity contribution in [2.75, 3.05) is 22.7 Å². The van der Waals surface area contributed by atoms with Crippen LogP contribution in [0, 0.1) is 0 Å². The number of unbranched alkanes of at least 4 members (excludes halogenated alkanes) is 1. The van der Waals surface area contributed by atoms with E-state index in [-0.39, 0.29) is 0 Å². The van der Waals surface area contributed by atoms with Gasteiger partial charge in [-0.15, -0.1) is 0 Å². The van der Waals surface area contributed by atoms with Gasteiger partial charge >= 0.3 is 144 Å². The molecule has 0 unspecified atom stereocenters.